The minimum absolute atomic E-state index is 0.362. The summed E-state index contributed by atoms with van der Waals surface area (Å²) in [6.45, 7) is 4.30. The maximum Gasteiger partial charge on any atom is 0.191 e. The van der Waals surface area contributed by atoms with Crippen molar-refractivity contribution in [2.24, 2.45) is 22.2 Å². The molecule has 5 rings (SSSR count). The highest BCUT2D eigenvalue weighted by atomic mass is 16.5. The summed E-state index contributed by atoms with van der Waals surface area (Å²) in [7, 11) is 0. The Morgan fingerprint density at radius 3 is 2.96 bits per heavy atom. The molecule has 1 aromatic heterocycles. The summed E-state index contributed by atoms with van der Waals surface area (Å²) >= 11 is 0. The SMILES string of the molecule is c1coc(CCNC(=NCC2CCOC2)NC2C3CCOC3C23CCC3)c1. The fourth-order valence-electron chi connectivity index (χ4n) is 5.46. The van der Waals surface area contributed by atoms with Gasteiger partial charge in [0.15, 0.2) is 5.96 Å². The third kappa shape index (κ3) is 3.27. The van der Waals surface area contributed by atoms with Gasteiger partial charge in [0.2, 0.25) is 0 Å². The molecule has 0 bridgehead atoms. The van der Waals surface area contributed by atoms with Crippen LogP contribution in [0.5, 0.6) is 0 Å². The summed E-state index contributed by atoms with van der Waals surface area (Å²) in [5.41, 5.74) is 0.362. The van der Waals surface area contributed by atoms with Gasteiger partial charge in [0.05, 0.1) is 19.0 Å². The van der Waals surface area contributed by atoms with Crippen LogP contribution in [0.2, 0.25) is 0 Å². The third-order valence-electron chi connectivity index (χ3n) is 7.10. The highest BCUT2D eigenvalue weighted by molar-refractivity contribution is 5.80. The van der Waals surface area contributed by atoms with E-state index in [9.17, 15) is 0 Å². The highest BCUT2D eigenvalue weighted by Crippen LogP contribution is 2.62. The molecule has 6 nitrogen and oxygen atoms in total. The molecule has 0 radical (unpaired) electrons. The summed E-state index contributed by atoms with van der Waals surface area (Å²) in [5, 5.41) is 7.35. The Kier molecular flexibility index (Phi) is 4.86. The van der Waals surface area contributed by atoms with Crippen molar-refractivity contribution >= 4 is 5.96 Å². The van der Waals surface area contributed by atoms with Crippen LogP contribution in [-0.4, -0.2) is 51.0 Å². The molecule has 4 atom stereocenters. The summed E-state index contributed by atoms with van der Waals surface area (Å²) < 4.78 is 17.0. The summed E-state index contributed by atoms with van der Waals surface area (Å²) in [6, 6.07) is 4.48. The van der Waals surface area contributed by atoms with Crippen molar-refractivity contribution in [3.8, 4) is 0 Å². The first-order valence-corrected chi connectivity index (χ1v) is 10.6. The second-order valence-corrected chi connectivity index (χ2v) is 8.63. The van der Waals surface area contributed by atoms with Gasteiger partial charge in [-0.25, -0.2) is 0 Å². The zero-order chi connectivity index (χ0) is 18.1. The summed E-state index contributed by atoms with van der Waals surface area (Å²) in [6.07, 6.45) is 9.31. The topological polar surface area (TPSA) is 68.0 Å². The van der Waals surface area contributed by atoms with Crippen LogP contribution in [-0.2, 0) is 15.9 Å². The van der Waals surface area contributed by atoms with Gasteiger partial charge in [-0.15, -0.1) is 0 Å². The van der Waals surface area contributed by atoms with Gasteiger partial charge in [0, 0.05) is 56.0 Å². The molecule has 1 spiro atoms. The zero-order valence-electron chi connectivity index (χ0n) is 16.0. The van der Waals surface area contributed by atoms with Crippen LogP contribution >= 0.6 is 0 Å². The van der Waals surface area contributed by atoms with Crippen LogP contribution in [0.1, 0.15) is 37.9 Å². The molecule has 2 aliphatic heterocycles. The molecular weight excluding hydrogens is 342 g/mol. The molecule has 4 aliphatic rings. The van der Waals surface area contributed by atoms with E-state index in [1.54, 1.807) is 6.26 Å². The molecule has 4 fully saturated rings. The lowest BCUT2D eigenvalue weighted by Gasteiger charge is -2.63. The van der Waals surface area contributed by atoms with Crippen molar-refractivity contribution in [2.75, 3.05) is 32.9 Å². The lowest BCUT2D eigenvalue weighted by molar-refractivity contribution is -0.171. The standard InChI is InChI=1S/C21H31N3O3/c1-3-16(26-10-1)4-9-22-20(23-13-15-5-11-25-14-15)24-18-17-6-12-27-19(17)21(18)7-2-8-21/h1,3,10,15,17-19H,2,4-9,11-14H2,(H2,22,23,24). The Morgan fingerprint density at radius 2 is 2.22 bits per heavy atom. The lowest BCUT2D eigenvalue weighted by Crippen LogP contribution is -2.72. The highest BCUT2D eigenvalue weighted by Gasteiger charge is 2.66. The fraction of sp³-hybridized carbons (Fsp3) is 0.762. The molecule has 2 saturated heterocycles. The van der Waals surface area contributed by atoms with E-state index in [1.807, 2.05) is 12.1 Å². The molecule has 4 unspecified atom stereocenters. The van der Waals surface area contributed by atoms with Crippen molar-refractivity contribution in [3.63, 3.8) is 0 Å². The van der Waals surface area contributed by atoms with Crippen LogP contribution in [0.3, 0.4) is 0 Å². The molecule has 27 heavy (non-hydrogen) atoms. The Hall–Kier alpha value is -1.53. The second-order valence-electron chi connectivity index (χ2n) is 8.63. The predicted molar refractivity (Wildman–Crippen MR) is 103 cm³/mol. The summed E-state index contributed by atoms with van der Waals surface area (Å²) in [5.74, 6) is 3.16. The Labute approximate surface area is 161 Å². The van der Waals surface area contributed by atoms with Crippen molar-refractivity contribution in [3.05, 3.63) is 24.2 Å². The largest absolute Gasteiger partial charge is 0.469 e. The minimum Gasteiger partial charge on any atom is -0.469 e. The number of nitrogens with zero attached hydrogens (tertiary/aromatic N) is 1. The minimum atomic E-state index is 0.362. The van der Waals surface area contributed by atoms with Crippen LogP contribution in [0, 0.1) is 17.3 Å². The monoisotopic (exact) mass is 373 g/mol. The normalized spacial score (nSPS) is 34.1. The summed E-state index contributed by atoms with van der Waals surface area (Å²) in [4.78, 5) is 4.93. The molecule has 0 amide bonds. The van der Waals surface area contributed by atoms with Crippen molar-refractivity contribution < 1.29 is 13.9 Å². The van der Waals surface area contributed by atoms with Crippen molar-refractivity contribution in [1.29, 1.82) is 0 Å². The van der Waals surface area contributed by atoms with E-state index in [2.05, 4.69) is 10.6 Å². The molecule has 2 saturated carbocycles. The first kappa shape index (κ1) is 17.6. The molecule has 2 N–H and O–H groups in total. The van der Waals surface area contributed by atoms with Gasteiger partial charge in [-0.05, 0) is 37.8 Å². The van der Waals surface area contributed by atoms with Gasteiger partial charge in [-0.3, -0.25) is 4.99 Å². The molecule has 3 heterocycles. The first-order chi connectivity index (χ1) is 13.4. The van der Waals surface area contributed by atoms with Gasteiger partial charge in [-0.1, -0.05) is 6.42 Å². The Balaban J connectivity index is 1.23. The van der Waals surface area contributed by atoms with Crippen molar-refractivity contribution in [2.45, 2.75) is 50.7 Å². The zero-order valence-corrected chi connectivity index (χ0v) is 16.0. The quantitative estimate of drug-likeness (QED) is 0.592. The fourth-order valence-corrected chi connectivity index (χ4v) is 5.46. The number of aliphatic imine (C=N–C) groups is 1. The number of rotatable bonds is 6. The number of fused-ring (bicyclic) bond motifs is 2. The predicted octanol–water partition coefficient (Wildman–Crippen LogP) is 2.35. The maximum absolute atomic E-state index is 6.06. The molecule has 1 aromatic rings. The number of hydrogen-bond donors (Lipinski definition) is 2. The average molecular weight is 373 g/mol. The Bertz CT molecular complexity index is 650. The first-order valence-electron chi connectivity index (χ1n) is 10.6. The number of furan rings is 1. The molecule has 6 heteroatoms. The van der Waals surface area contributed by atoms with Gasteiger partial charge in [-0.2, -0.15) is 0 Å². The number of guanidine groups is 1. The van der Waals surface area contributed by atoms with E-state index >= 15 is 0 Å². The average Bonchev–Trinajstić information content (AvgIpc) is 3.37. The van der Waals surface area contributed by atoms with E-state index in [0.717, 1.165) is 57.5 Å². The van der Waals surface area contributed by atoms with Gasteiger partial charge in [0.1, 0.15) is 5.76 Å². The van der Waals surface area contributed by atoms with Crippen molar-refractivity contribution in [1.82, 2.24) is 10.6 Å². The molecule has 2 aliphatic carbocycles. The molecular formula is C21H31N3O3. The van der Waals surface area contributed by atoms with E-state index in [0.29, 0.717) is 29.4 Å². The van der Waals surface area contributed by atoms with Crippen LogP contribution in [0.4, 0.5) is 0 Å². The van der Waals surface area contributed by atoms with Crippen LogP contribution < -0.4 is 10.6 Å². The molecule has 148 valence electrons. The lowest BCUT2D eigenvalue weighted by atomic mass is 9.46. The number of hydrogen-bond acceptors (Lipinski definition) is 4. The van der Waals surface area contributed by atoms with E-state index in [-0.39, 0.29) is 0 Å². The number of nitrogens with one attached hydrogen (secondary N) is 2. The van der Waals surface area contributed by atoms with Crippen LogP contribution in [0.25, 0.3) is 0 Å². The second kappa shape index (κ2) is 7.47. The Morgan fingerprint density at radius 1 is 1.26 bits per heavy atom. The van der Waals surface area contributed by atoms with Crippen LogP contribution in [0.15, 0.2) is 27.8 Å². The smallest absolute Gasteiger partial charge is 0.191 e. The van der Waals surface area contributed by atoms with E-state index in [4.69, 9.17) is 18.9 Å². The van der Waals surface area contributed by atoms with Gasteiger partial charge in [0.25, 0.3) is 0 Å². The van der Waals surface area contributed by atoms with Gasteiger partial charge >= 0.3 is 0 Å². The van der Waals surface area contributed by atoms with E-state index < -0.39 is 0 Å². The molecule has 0 aromatic carbocycles. The number of ether oxygens (including phenoxy) is 2. The van der Waals surface area contributed by atoms with E-state index in [1.165, 1.54) is 25.7 Å². The maximum atomic E-state index is 6.06. The third-order valence-corrected chi connectivity index (χ3v) is 7.10. The van der Waals surface area contributed by atoms with Gasteiger partial charge < -0.3 is 24.5 Å².